The minimum Gasteiger partial charge on any atom is -0.472 e. The first-order valence-electron chi connectivity index (χ1n) is 12.1. The third-order valence-electron chi connectivity index (χ3n) is 7.97. The molecule has 0 bridgehead atoms. The van der Waals surface area contributed by atoms with Crippen LogP contribution in [-0.4, -0.2) is 64.9 Å². The summed E-state index contributed by atoms with van der Waals surface area (Å²) >= 11 is 0. The summed E-state index contributed by atoms with van der Waals surface area (Å²) in [5, 5.41) is 18.1. The standard InChI is InChI=1S/C24H42N4O5Si2/c1-22(2,3)34(8,9)31-15-24(16-32-35(10,11)23(4,5)6)21-25-26(7)17-27(21)19-14-18(28(29)30)12-13-20(19)33-24/h12-14H,15-17H2,1-11H3. The quantitative estimate of drug-likeness (QED) is 0.254. The van der Waals surface area contributed by atoms with Gasteiger partial charge in [0, 0.05) is 19.2 Å². The zero-order valence-corrected chi connectivity index (χ0v) is 25.2. The summed E-state index contributed by atoms with van der Waals surface area (Å²) in [7, 11) is -2.36. The molecule has 0 saturated carbocycles. The van der Waals surface area contributed by atoms with Crippen LogP contribution in [-0.2, 0) is 8.85 Å². The Kier molecular flexibility index (Phi) is 6.99. The van der Waals surface area contributed by atoms with E-state index in [2.05, 4.69) is 67.7 Å². The first kappa shape index (κ1) is 27.6. The highest BCUT2D eigenvalue weighted by Gasteiger charge is 2.53. The third-order valence-corrected chi connectivity index (χ3v) is 16.9. The van der Waals surface area contributed by atoms with Gasteiger partial charge in [0.1, 0.15) is 12.4 Å². The molecule has 3 rings (SSSR count). The van der Waals surface area contributed by atoms with Gasteiger partial charge in [-0.25, -0.2) is 0 Å². The van der Waals surface area contributed by atoms with Crippen LogP contribution >= 0.6 is 0 Å². The number of nitrogens with zero attached hydrogens (tertiary/aromatic N) is 4. The molecule has 0 spiro atoms. The molecule has 196 valence electrons. The van der Waals surface area contributed by atoms with Gasteiger partial charge in [-0.05, 0) is 42.3 Å². The maximum Gasteiger partial charge on any atom is 0.271 e. The second-order valence-electron chi connectivity index (χ2n) is 12.8. The predicted molar refractivity (Wildman–Crippen MR) is 145 cm³/mol. The second kappa shape index (κ2) is 8.86. The van der Waals surface area contributed by atoms with E-state index in [0.717, 1.165) is 0 Å². The Bertz CT molecular complexity index is 984. The predicted octanol–water partition coefficient (Wildman–Crippen LogP) is 5.79. The van der Waals surface area contributed by atoms with Gasteiger partial charge in [-0.1, -0.05) is 41.5 Å². The van der Waals surface area contributed by atoms with Gasteiger partial charge in [-0.2, -0.15) is 5.10 Å². The molecule has 0 aliphatic carbocycles. The molecule has 1 aromatic carbocycles. The molecule has 11 heteroatoms. The monoisotopic (exact) mass is 522 g/mol. The van der Waals surface area contributed by atoms with Gasteiger partial charge >= 0.3 is 0 Å². The van der Waals surface area contributed by atoms with E-state index >= 15 is 0 Å². The van der Waals surface area contributed by atoms with Crippen molar-refractivity contribution in [3.8, 4) is 5.75 Å². The van der Waals surface area contributed by atoms with Gasteiger partial charge < -0.3 is 18.5 Å². The van der Waals surface area contributed by atoms with Crippen LogP contribution in [0.2, 0.25) is 36.3 Å². The van der Waals surface area contributed by atoms with Crippen LogP contribution in [0.1, 0.15) is 41.5 Å². The summed E-state index contributed by atoms with van der Waals surface area (Å²) in [5.74, 6) is 1.24. The first-order chi connectivity index (χ1) is 15.8. The van der Waals surface area contributed by atoms with Crippen molar-refractivity contribution in [1.82, 2.24) is 5.01 Å². The molecule has 0 amide bonds. The number of anilines is 1. The number of amidine groups is 1. The number of hydrogen-bond donors (Lipinski definition) is 0. The minimum absolute atomic E-state index is 0.0174. The van der Waals surface area contributed by atoms with Gasteiger partial charge in [-0.3, -0.25) is 15.1 Å². The Morgan fingerprint density at radius 2 is 1.57 bits per heavy atom. The van der Waals surface area contributed by atoms with E-state index in [9.17, 15) is 10.1 Å². The van der Waals surface area contributed by atoms with Crippen molar-refractivity contribution in [2.75, 3.05) is 31.8 Å². The summed E-state index contributed by atoms with van der Waals surface area (Å²) in [6.45, 7) is 23.2. The van der Waals surface area contributed by atoms with Gasteiger partial charge in [-0.15, -0.1) is 0 Å². The molecule has 1 aromatic rings. The largest absolute Gasteiger partial charge is 0.472 e. The van der Waals surface area contributed by atoms with E-state index in [0.29, 0.717) is 23.9 Å². The van der Waals surface area contributed by atoms with E-state index in [1.807, 2.05) is 17.0 Å². The summed E-state index contributed by atoms with van der Waals surface area (Å²) in [5.41, 5.74) is -0.319. The maximum atomic E-state index is 11.5. The number of ether oxygens (including phenoxy) is 1. The number of non-ortho nitro benzene ring substituents is 1. The second-order valence-corrected chi connectivity index (χ2v) is 22.4. The number of hydrogen-bond acceptors (Lipinski definition) is 8. The molecule has 0 saturated heterocycles. The van der Waals surface area contributed by atoms with Crippen LogP contribution in [0, 0.1) is 10.1 Å². The van der Waals surface area contributed by atoms with Crippen molar-refractivity contribution >= 4 is 33.8 Å². The van der Waals surface area contributed by atoms with Gasteiger partial charge in [0.05, 0.1) is 23.8 Å². The van der Waals surface area contributed by atoms with Crippen molar-refractivity contribution in [3.63, 3.8) is 0 Å². The van der Waals surface area contributed by atoms with Crippen molar-refractivity contribution in [2.24, 2.45) is 5.10 Å². The van der Waals surface area contributed by atoms with E-state index in [-0.39, 0.29) is 33.9 Å². The molecular formula is C24H42N4O5Si2. The Morgan fingerprint density at radius 3 is 2.03 bits per heavy atom. The zero-order chi connectivity index (χ0) is 26.6. The van der Waals surface area contributed by atoms with Crippen molar-refractivity contribution in [1.29, 1.82) is 0 Å². The lowest BCUT2D eigenvalue weighted by molar-refractivity contribution is -0.384. The highest BCUT2D eigenvalue weighted by molar-refractivity contribution is 6.74. The number of nitro groups is 1. The third kappa shape index (κ3) is 5.28. The maximum absolute atomic E-state index is 11.5. The van der Waals surface area contributed by atoms with Crippen molar-refractivity contribution < 1.29 is 18.5 Å². The highest BCUT2D eigenvalue weighted by Crippen LogP contribution is 2.45. The summed E-state index contributed by atoms with van der Waals surface area (Å²) in [6.07, 6.45) is 0. The van der Waals surface area contributed by atoms with Crippen molar-refractivity contribution in [2.45, 2.75) is 83.4 Å². The molecular weight excluding hydrogens is 480 g/mol. The smallest absolute Gasteiger partial charge is 0.271 e. The van der Waals surface area contributed by atoms with Gasteiger partial charge in [0.15, 0.2) is 22.5 Å². The lowest BCUT2D eigenvalue weighted by Gasteiger charge is -2.47. The molecule has 9 nitrogen and oxygen atoms in total. The summed E-state index contributed by atoms with van der Waals surface area (Å²) in [6, 6.07) is 4.71. The number of benzene rings is 1. The van der Waals surface area contributed by atoms with Gasteiger partial charge in [0.25, 0.3) is 5.69 Å². The van der Waals surface area contributed by atoms with Gasteiger partial charge in [0.2, 0.25) is 5.60 Å². The molecule has 2 aliphatic rings. The fourth-order valence-corrected chi connectivity index (χ4v) is 5.53. The van der Waals surface area contributed by atoms with Crippen LogP contribution in [0.4, 0.5) is 11.4 Å². The number of hydrazone groups is 1. The Balaban J connectivity index is 2.09. The fourth-order valence-electron chi connectivity index (χ4n) is 3.48. The average molecular weight is 523 g/mol. The molecule has 2 heterocycles. The van der Waals surface area contributed by atoms with Crippen LogP contribution < -0.4 is 9.64 Å². The first-order valence-corrected chi connectivity index (χ1v) is 17.9. The van der Waals surface area contributed by atoms with E-state index in [1.165, 1.54) is 6.07 Å². The zero-order valence-electron chi connectivity index (χ0n) is 23.2. The molecule has 0 radical (unpaired) electrons. The van der Waals surface area contributed by atoms with E-state index < -0.39 is 22.2 Å². The Morgan fingerprint density at radius 1 is 1.06 bits per heavy atom. The number of nitro benzene ring substituents is 1. The molecule has 0 N–H and O–H groups in total. The summed E-state index contributed by atoms with van der Waals surface area (Å²) in [4.78, 5) is 13.1. The molecule has 0 aromatic heterocycles. The SMILES string of the molecule is CN1CN2C(=N1)C(CO[Si](C)(C)C(C)(C)C)(CO[Si](C)(C)C(C)(C)C)Oc1ccc([N+](=O)[O-])cc12. The van der Waals surface area contributed by atoms with Crippen LogP contribution in [0.15, 0.2) is 23.3 Å². The minimum atomic E-state index is -2.12. The van der Waals surface area contributed by atoms with E-state index in [4.69, 9.17) is 18.7 Å². The molecule has 2 aliphatic heterocycles. The number of rotatable bonds is 7. The Hall–Kier alpha value is -1.96. The van der Waals surface area contributed by atoms with E-state index in [1.54, 1.807) is 12.1 Å². The van der Waals surface area contributed by atoms with Crippen molar-refractivity contribution in [3.05, 3.63) is 28.3 Å². The average Bonchev–Trinajstić information content (AvgIpc) is 3.11. The molecule has 0 unspecified atom stereocenters. The highest BCUT2D eigenvalue weighted by atomic mass is 28.4. The van der Waals surface area contributed by atoms with Crippen LogP contribution in [0.3, 0.4) is 0 Å². The lowest BCUT2D eigenvalue weighted by Crippen LogP contribution is -2.63. The fraction of sp³-hybridized carbons (Fsp3) is 0.708. The van der Waals surface area contributed by atoms with Crippen LogP contribution in [0.5, 0.6) is 5.75 Å². The topological polar surface area (TPSA) is 89.7 Å². The normalized spacial score (nSPS) is 18.1. The Labute approximate surface area is 211 Å². The summed E-state index contributed by atoms with van der Waals surface area (Å²) < 4.78 is 20.2. The number of fused-ring (bicyclic) bond motifs is 3. The van der Waals surface area contributed by atoms with Crippen LogP contribution in [0.25, 0.3) is 0 Å². The molecule has 0 fully saturated rings. The lowest BCUT2D eigenvalue weighted by atomic mass is 10.0. The molecule has 0 atom stereocenters. The molecule has 35 heavy (non-hydrogen) atoms.